The fourth-order valence-corrected chi connectivity index (χ4v) is 8.01. The molecule has 2 N–H and O–H groups in total. The molecule has 0 saturated carbocycles. The van der Waals surface area contributed by atoms with E-state index in [9.17, 15) is 9.59 Å². The van der Waals surface area contributed by atoms with Crippen LogP contribution in [0.3, 0.4) is 0 Å². The Morgan fingerprint density at radius 1 is 0.725 bits per heavy atom. The summed E-state index contributed by atoms with van der Waals surface area (Å²) in [6, 6.07) is 13.9. The molecule has 2 atom stereocenters. The number of ether oxygens (including phenoxy) is 2. The van der Waals surface area contributed by atoms with E-state index in [1.165, 1.54) is 0 Å². The Hall–Kier alpha value is -3.07. The number of nitrogens with one attached hydrogen (secondary N) is 2. The average Bonchev–Trinajstić information content (AvgIpc) is 2.87. The number of hydrogen-bond donors (Lipinski definition) is 2. The Morgan fingerprint density at radius 2 is 1.07 bits per heavy atom. The first kappa shape index (κ1) is 31.5. The summed E-state index contributed by atoms with van der Waals surface area (Å²) in [4.78, 5) is 28.5. The molecule has 0 fully saturated rings. The van der Waals surface area contributed by atoms with E-state index in [4.69, 9.17) is 9.47 Å². The maximum atomic E-state index is 13.2. The van der Waals surface area contributed by atoms with Crippen LogP contribution in [0.25, 0.3) is 0 Å². The average molecular weight is 659 g/mol. The summed E-state index contributed by atoms with van der Waals surface area (Å²) < 4.78 is 14.5. The summed E-state index contributed by atoms with van der Waals surface area (Å²) in [6.45, 7) is 17.7. The van der Waals surface area contributed by atoms with Crippen LogP contribution < -0.4 is 20.1 Å². The second-order valence-corrected chi connectivity index (χ2v) is 16.4. The summed E-state index contributed by atoms with van der Waals surface area (Å²) in [5.41, 5.74) is 8.03. The number of alkyl halides is 2. The van der Waals surface area contributed by atoms with E-state index in [0.717, 1.165) is 52.8 Å². The van der Waals surface area contributed by atoms with E-state index < -0.39 is 32.0 Å². The first-order valence-corrected chi connectivity index (χ1v) is 18.4. The van der Waals surface area contributed by atoms with Gasteiger partial charge in [-0.25, -0.2) is 0 Å². The van der Waals surface area contributed by atoms with Crippen molar-refractivity contribution in [1.29, 1.82) is 0 Å². The molecular formula is C33H43IN2O4. The molecule has 3 aromatic carbocycles. The van der Waals surface area contributed by atoms with Gasteiger partial charge in [-0.1, -0.05) is 0 Å². The fourth-order valence-electron chi connectivity index (χ4n) is 4.82. The van der Waals surface area contributed by atoms with E-state index in [-0.39, 0.29) is 11.8 Å². The van der Waals surface area contributed by atoms with E-state index in [1.54, 1.807) is 13.8 Å². The fraction of sp³-hybridized carbons (Fsp3) is 0.394. The number of carbonyl (C=O) groups is 2. The summed E-state index contributed by atoms with van der Waals surface area (Å²) >= 11 is -1.69. The van der Waals surface area contributed by atoms with Gasteiger partial charge in [0.15, 0.2) is 0 Å². The first-order valence-electron chi connectivity index (χ1n) is 13.6. The Balaban J connectivity index is 1.81. The van der Waals surface area contributed by atoms with Crippen molar-refractivity contribution in [2.45, 2.75) is 74.5 Å². The predicted molar refractivity (Wildman–Crippen MR) is 174 cm³/mol. The molecule has 0 radical (unpaired) electrons. The number of hydrogen-bond acceptors (Lipinski definition) is 4. The molecule has 6 nitrogen and oxygen atoms in total. The first-order chi connectivity index (χ1) is 18.8. The van der Waals surface area contributed by atoms with Crippen LogP contribution in [0.1, 0.15) is 54.2 Å². The molecule has 216 valence electrons. The van der Waals surface area contributed by atoms with Crippen LogP contribution in [0.4, 0.5) is 11.4 Å². The molecule has 3 aromatic rings. The van der Waals surface area contributed by atoms with Gasteiger partial charge in [0, 0.05) is 0 Å². The van der Waals surface area contributed by atoms with Crippen molar-refractivity contribution < 1.29 is 19.1 Å². The zero-order valence-corrected chi connectivity index (χ0v) is 27.6. The molecule has 0 bridgehead atoms. The molecule has 0 aliphatic heterocycles. The number of carbonyl (C=O) groups excluding carboxylic acids is 2. The topological polar surface area (TPSA) is 76.7 Å². The quantitative estimate of drug-likeness (QED) is 0.173. The third kappa shape index (κ3) is 7.56. The second-order valence-electron chi connectivity index (χ2n) is 10.5. The van der Waals surface area contributed by atoms with Crippen LogP contribution in [0.15, 0.2) is 42.5 Å². The minimum atomic E-state index is -1.69. The van der Waals surface area contributed by atoms with Gasteiger partial charge in [-0.05, 0) is 0 Å². The van der Waals surface area contributed by atoms with Crippen molar-refractivity contribution in [3.8, 4) is 11.5 Å². The van der Waals surface area contributed by atoms with Crippen molar-refractivity contribution in [3.63, 3.8) is 0 Å². The SMILES string of the molecule is CCI(C)c1c(O[C@H](C)C(=O)Nc2c(C)cc(C)cc2C)cccc1O[C@H](C)C(=O)Nc1c(C)cc(C)cc1C. The molecule has 0 heterocycles. The van der Waals surface area contributed by atoms with Gasteiger partial charge in [0.05, 0.1) is 0 Å². The van der Waals surface area contributed by atoms with Gasteiger partial charge in [-0.2, -0.15) is 0 Å². The van der Waals surface area contributed by atoms with Gasteiger partial charge in [0.2, 0.25) is 0 Å². The van der Waals surface area contributed by atoms with E-state index >= 15 is 0 Å². The van der Waals surface area contributed by atoms with E-state index in [2.05, 4.69) is 46.8 Å². The Kier molecular flexibility index (Phi) is 10.6. The molecule has 0 aromatic heterocycles. The summed E-state index contributed by atoms with van der Waals surface area (Å²) in [6.07, 6.45) is -1.44. The van der Waals surface area contributed by atoms with Gasteiger partial charge in [-0.15, -0.1) is 0 Å². The van der Waals surface area contributed by atoms with E-state index in [1.807, 2.05) is 59.7 Å². The van der Waals surface area contributed by atoms with Crippen LogP contribution >= 0.6 is 19.8 Å². The molecule has 0 aliphatic rings. The number of aryl methyl sites for hydroxylation is 6. The van der Waals surface area contributed by atoms with Gasteiger partial charge >= 0.3 is 247 Å². The maximum absolute atomic E-state index is 13.2. The number of halogens is 1. The molecule has 0 unspecified atom stereocenters. The zero-order chi connectivity index (χ0) is 29.7. The molecular weight excluding hydrogens is 615 g/mol. The zero-order valence-electron chi connectivity index (χ0n) is 25.4. The molecule has 7 heteroatoms. The number of amides is 2. The minimum absolute atomic E-state index is 0.211. The molecule has 40 heavy (non-hydrogen) atoms. The normalized spacial score (nSPS) is 12.8. The van der Waals surface area contributed by atoms with Gasteiger partial charge in [0.1, 0.15) is 0 Å². The third-order valence-corrected chi connectivity index (χ3v) is 12.0. The number of benzene rings is 3. The number of rotatable bonds is 10. The van der Waals surface area contributed by atoms with Crippen molar-refractivity contribution in [1.82, 2.24) is 0 Å². The monoisotopic (exact) mass is 658 g/mol. The van der Waals surface area contributed by atoms with Crippen molar-refractivity contribution in [3.05, 3.63) is 79.4 Å². The van der Waals surface area contributed by atoms with Crippen LogP contribution in [-0.2, 0) is 9.59 Å². The molecule has 3 rings (SSSR count). The van der Waals surface area contributed by atoms with Crippen LogP contribution in [0.2, 0.25) is 0 Å². The van der Waals surface area contributed by atoms with Crippen LogP contribution in [0, 0.1) is 45.1 Å². The van der Waals surface area contributed by atoms with Crippen LogP contribution in [-0.4, -0.2) is 33.4 Å². The summed E-state index contributed by atoms with van der Waals surface area (Å²) in [7, 11) is 0. The summed E-state index contributed by atoms with van der Waals surface area (Å²) in [5, 5.41) is 6.10. The van der Waals surface area contributed by atoms with Gasteiger partial charge in [0.25, 0.3) is 0 Å². The molecule has 0 saturated heterocycles. The standard InChI is InChI=1S/C33H43IN2O4/c1-11-34(10)29-27(39-25(8)32(37)35-30-21(4)15-19(2)16-22(30)5)13-12-14-28(29)40-26(9)33(38)36-31-23(6)17-20(3)18-24(31)7/h12-18,25-26H,11H2,1-10H3,(H,35,37)(H,36,38)/t25-,26-/m1/s1. The van der Waals surface area contributed by atoms with Gasteiger partial charge in [-0.3, -0.25) is 0 Å². The third-order valence-electron chi connectivity index (χ3n) is 6.85. The second kappa shape index (κ2) is 13.5. The number of anilines is 2. The van der Waals surface area contributed by atoms with Crippen molar-refractivity contribution >= 4 is 43.0 Å². The van der Waals surface area contributed by atoms with Crippen molar-refractivity contribution in [2.75, 3.05) is 20.0 Å². The van der Waals surface area contributed by atoms with Gasteiger partial charge < -0.3 is 0 Å². The Labute approximate surface area is 246 Å². The predicted octanol–water partition coefficient (Wildman–Crippen LogP) is 7.67. The van der Waals surface area contributed by atoms with Crippen LogP contribution in [0.5, 0.6) is 11.5 Å². The van der Waals surface area contributed by atoms with E-state index in [0.29, 0.717) is 11.5 Å². The summed E-state index contributed by atoms with van der Waals surface area (Å²) in [5.74, 6) is 0.864. The molecule has 2 amide bonds. The Morgan fingerprint density at radius 3 is 1.40 bits per heavy atom. The van der Waals surface area contributed by atoms with Crippen molar-refractivity contribution in [2.24, 2.45) is 0 Å². The molecule has 0 aliphatic carbocycles. The Bertz CT molecular complexity index is 1260. The molecule has 0 spiro atoms.